The van der Waals surface area contributed by atoms with E-state index in [9.17, 15) is 9.59 Å². The molecule has 3 rings (SSSR count). The van der Waals surface area contributed by atoms with Crippen molar-refractivity contribution in [2.45, 2.75) is 66.6 Å². The van der Waals surface area contributed by atoms with E-state index in [1.54, 1.807) is 6.08 Å². The molecule has 0 saturated heterocycles. The predicted octanol–water partition coefficient (Wildman–Crippen LogP) is 8.08. The van der Waals surface area contributed by atoms with Crippen LogP contribution in [0.4, 0.5) is 32.3 Å². The van der Waals surface area contributed by atoms with Crippen molar-refractivity contribution in [3.05, 3.63) is 83.6 Å². The number of alkyl carbamates (subject to hydrolysis) is 1. The van der Waals surface area contributed by atoms with Gasteiger partial charge in [0.1, 0.15) is 11.2 Å². The van der Waals surface area contributed by atoms with Crippen LogP contribution < -0.4 is 16.0 Å². The number of ether oxygens (including phenoxy) is 2. The lowest BCUT2D eigenvalue weighted by Gasteiger charge is -2.22. The first-order chi connectivity index (χ1) is 18.1. The van der Waals surface area contributed by atoms with E-state index in [4.69, 9.17) is 14.5 Å². The Labute approximate surface area is 230 Å². The number of benzene rings is 2. The molecule has 1 aliphatic carbocycles. The van der Waals surface area contributed by atoms with Crippen molar-refractivity contribution in [1.29, 1.82) is 0 Å². The highest BCUT2D eigenvalue weighted by molar-refractivity contribution is 6.13. The van der Waals surface area contributed by atoms with Gasteiger partial charge in [-0.05, 0) is 109 Å². The number of hydrogen-bond donors (Lipinski definition) is 3. The maximum absolute atomic E-state index is 12.5. The van der Waals surface area contributed by atoms with Crippen LogP contribution in [-0.2, 0) is 9.47 Å². The molecular weight excluding hydrogens is 492 g/mol. The van der Waals surface area contributed by atoms with E-state index in [1.165, 1.54) is 0 Å². The lowest BCUT2D eigenvalue weighted by Crippen LogP contribution is -2.33. The molecule has 8 heteroatoms. The molecule has 2 aromatic carbocycles. The van der Waals surface area contributed by atoms with Crippen LogP contribution >= 0.6 is 0 Å². The molecule has 0 fully saturated rings. The molecule has 0 heterocycles. The lowest BCUT2D eigenvalue weighted by molar-refractivity contribution is 0.0545. The van der Waals surface area contributed by atoms with E-state index >= 15 is 0 Å². The molecular formula is C31H38N4O4. The molecule has 1 aliphatic rings. The highest BCUT2D eigenvalue weighted by atomic mass is 16.6. The summed E-state index contributed by atoms with van der Waals surface area (Å²) in [5.74, 6) is 0. The second-order valence-corrected chi connectivity index (χ2v) is 11.3. The minimum atomic E-state index is -0.620. The third-order valence-corrected chi connectivity index (χ3v) is 5.33. The summed E-state index contributed by atoms with van der Waals surface area (Å²) in [5, 5.41) is 9.02. The van der Waals surface area contributed by atoms with Crippen LogP contribution in [0, 0.1) is 6.92 Å². The quantitative estimate of drug-likeness (QED) is 0.363. The minimum absolute atomic E-state index is 0.535. The number of carbonyl (C=O) groups excluding carboxylic acids is 2. The number of aryl methyl sites for hydroxylation is 1. The van der Waals surface area contributed by atoms with Crippen LogP contribution in [0.15, 0.2) is 83.0 Å². The van der Waals surface area contributed by atoms with Crippen molar-refractivity contribution in [2.24, 2.45) is 4.99 Å². The summed E-state index contributed by atoms with van der Waals surface area (Å²) in [4.78, 5) is 29.7. The summed E-state index contributed by atoms with van der Waals surface area (Å²) in [6, 6.07) is 13.4. The zero-order chi connectivity index (χ0) is 29.0. The van der Waals surface area contributed by atoms with Gasteiger partial charge >= 0.3 is 12.2 Å². The zero-order valence-corrected chi connectivity index (χ0v) is 24.0. The van der Waals surface area contributed by atoms with Gasteiger partial charge in [-0.1, -0.05) is 24.8 Å². The smallest absolute Gasteiger partial charge is 0.412 e. The molecule has 3 N–H and O–H groups in total. The maximum Gasteiger partial charge on any atom is 0.412 e. The number of nitrogens with one attached hydrogen (secondary N) is 3. The van der Waals surface area contributed by atoms with Crippen molar-refractivity contribution < 1.29 is 19.1 Å². The fourth-order valence-electron chi connectivity index (χ4n) is 3.63. The van der Waals surface area contributed by atoms with Crippen LogP contribution in [0.25, 0.3) is 0 Å². The van der Waals surface area contributed by atoms with Crippen molar-refractivity contribution >= 4 is 40.6 Å². The molecule has 206 valence electrons. The number of nitrogens with zero attached hydrogens (tertiary/aromatic N) is 1. The molecule has 0 radical (unpaired) electrons. The fourth-order valence-corrected chi connectivity index (χ4v) is 3.63. The third kappa shape index (κ3) is 8.88. The molecule has 0 saturated carbocycles. The number of carbonyl (C=O) groups is 2. The number of rotatable bonds is 5. The van der Waals surface area contributed by atoms with Crippen molar-refractivity contribution in [1.82, 2.24) is 5.32 Å². The number of hydrogen-bond acceptors (Lipinski definition) is 6. The topological polar surface area (TPSA) is 101 Å². The third-order valence-electron chi connectivity index (χ3n) is 5.33. The number of allylic oxidation sites excluding steroid dienone is 4. The van der Waals surface area contributed by atoms with Crippen LogP contribution in [0.2, 0.25) is 0 Å². The van der Waals surface area contributed by atoms with Gasteiger partial charge in [0, 0.05) is 17.1 Å². The largest absolute Gasteiger partial charge is 0.444 e. The Bertz CT molecular complexity index is 1360. The van der Waals surface area contributed by atoms with Gasteiger partial charge in [-0.3, -0.25) is 10.6 Å². The Morgan fingerprint density at radius 3 is 2.00 bits per heavy atom. The van der Waals surface area contributed by atoms with Gasteiger partial charge < -0.3 is 14.8 Å². The van der Waals surface area contributed by atoms with Gasteiger partial charge in [-0.25, -0.2) is 14.6 Å². The molecule has 0 spiro atoms. The Kier molecular flexibility index (Phi) is 8.69. The Morgan fingerprint density at radius 2 is 1.41 bits per heavy atom. The maximum atomic E-state index is 12.5. The monoisotopic (exact) mass is 530 g/mol. The standard InChI is InChI=1S/C31H38N4O4/c1-19-16-24(34-28(36)38-30(4,5)6)20(2)15-23(19)33-26-17-21(3)25(35-29(37)39-31(7,8)9)18-27(26)32-22-13-11-10-12-14-22/h10-18,32H,1H2,2-9H3,(H,34,36)(H,35,37)/b33-23-. The second-order valence-electron chi connectivity index (χ2n) is 11.3. The van der Waals surface area contributed by atoms with Crippen LogP contribution in [0.3, 0.4) is 0 Å². The molecule has 8 nitrogen and oxygen atoms in total. The molecule has 2 aromatic rings. The summed E-state index contributed by atoms with van der Waals surface area (Å²) in [7, 11) is 0. The summed E-state index contributed by atoms with van der Waals surface area (Å²) in [6.45, 7) is 18.8. The predicted molar refractivity (Wildman–Crippen MR) is 158 cm³/mol. The van der Waals surface area contributed by atoms with Crippen molar-refractivity contribution in [3.8, 4) is 0 Å². The molecule has 0 aliphatic heterocycles. The molecule has 0 aromatic heterocycles. The van der Waals surface area contributed by atoms with Crippen LogP contribution in [-0.4, -0.2) is 29.1 Å². The highest BCUT2D eigenvalue weighted by Crippen LogP contribution is 2.35. The number of para-hydroxylation sites is 1. The van der Waals surface area contributed by atoms with Crippen molar-refractivity contribution in [3.63, 3.8) is 0 Å². The number of anilines is 3. The minimum Gasteiger partial charge on any atom is -0.444 e. The van der Waals surface area contributed by atoms with E-state index in [1.807, 2.05) is 104 Å². The van der Waals surface area contributed by atoms with E-state index in [2.05, 4.69) is 22.5 Å². The van der Waals surface area contributed by atoms with Crippen LogP contribution in [0.5, 0.6) is 0 Å². The highest BCUT2D eigenvalue weighted by Gasteiger charge is 2.21. The first-order valence-electron chi connectivity index (χ1n) is 12.7. The van der Waals surface area contributed by atoms with Gasteiger partial charge in [-0.15, -0.1) is 0 Å². The van der Waals surface area contributed by atoms with E-state index in [0.717, 1.165) is 16.8 Å². The summed E-state index contributed by atoms with van der Waals surface area (Å²) in [6.07, 6.45) is 2.56. The van der Waals surface area contributed by atoms with E-state index in [0.29, 0.717) is 34.0 Å². The number of amides is 2. The average molecular weight is 531 g/mol. The van der Waals surface area contributed by atoms with Gasteiger partial charge in [0.25, 0.3) is 0 Å². The molecule has 0 atom stereocenters. The first kappa shape index (κ1) is 29.2. The van der Waals surface area contributed by atoms with Gasteiger partial charge in [0.05, 0.1) is 17.1 Å². The lowest BCUT2D eigenvalue weighted by atomic mass is 9.99. The average Bonchev–Trinajstić information content (AvgIpc) is 2.78. The van der Waals surface area contributed by atoms with Gasteiger partial charge in [0.2, 0.25) is 0 Å². The molecule has 0 bridgehead atoms. The SMILES string of the molecule is C=C1C=C(NC(=O)OC(C)(C)C)C(C)=C/C1=N/c1cc(C)c(NC(=O)OC(C)(C)C)cc1Nc1ccccc1. The normalized spacial score (nSPS) is 14.8. The molecule has 39 heavy (non-hydrogen) atoms. The van der Waals surface area contributed by atoms with E-state index < -0.39 is 23.4 Å². The fraction of sp³-hybridized carbons (Fsp3) is 0.323. The molecule has 2 amide bonds. The van der Waals surface area contributed by atoms with Gasteiger partial charge in [0.15, 0.2) is 0 Å². The Hall–Kier alpha value is -4.33. The summed E-state index contributed by atoms with van der Waals surface area (Å²) >= 11 is 0. The Morgan fingerprint density at radius 1 is 0.821 bits per heavy atom. The Balaban J connectivity index is 1.95. The van der Waals surface area contributed by atoms with E-state index in [-0.39, 0.29) is 0 Å². The van der Waals surface area contributed by atoms with Gasteiger partial charge in [-0.2, -0.15) is 0 Å². The summed E-state index contributed by atoms with van der Waals surface area (Å²) < 4.78 is 10.8. The number of aliphatic imine (C=N–C) groups is 1. The zero-order valence-electron chi connectivity index (χ0n) is 24.0. The first-order valence-corrected chi connectivity index (χ1v) is 12.7. The second kappa shape index (κ2) is 11.6. The van der Waals surface area contributed by atoms with Crippen LogP contribution in [0.1, 0.15) is 54.0 Å². The molecule has 0 unspecified atom stereocenters. The van der Waals surface area contributed by atoms with Crippen molar-refractivity contribution in [2.75, 3.05) is 10.6 Å². The summed E-state index contributed by atoms with van der Waals surface area (Å²) in [5.41, 5.74) is 5.08.